The van der Waals surface area contributed by atoms with Crippen molar-refractivity contribution in [2.24, 2.45) is 0 Å². The van der Waals surface area contributed by atoms with Gasteiger partial charge in [0.1, 0.15) is 0 Å². The van der Waals surface area contributed by atoms with Crippen molar-refractivity contribution in [3.05, 3.63) is 40.7 Å². The molecule has 0 aliphatic heterocycles. The predicted molar refractivity (Wildman–Crippen MR) is 55.4 cm³/mol. The highest BCUT2D eigenvalue weighted by Crippen LogP contribution is 1.72. The number of nitrogens with zero attached hydrogens (tertiary/aromatic N) is 1. The second kappa shape index (κ2) is 5.16. The summed E-state index contributed by atoms with van der Waals surface area (Å²) in [6.45, 7) is 4.25. The van der Waals surface area contributed by atoms with Gasteiger partial charge in [-0.15, -0.1) is 0 Å². The van der Waals surface area contributed by atoms with Gasteiger partial charge in [-0.05, 0) is 18.2 Å². The summed E-state index contributed by atoms with van der Waals surface area (Å²) >= 11 is 0. The lowest BCUT2D eigenvalue weighted by Gasteiger charge is -1.84. The van der Waals surface area contributed by atoms with E-state index in [-0.39, 0.29) is 0 Å². The van der Waals surface area contributed by atoms with E-state index in [1.807, 2.05) is 24.4 Å². The smallest absolute Gasteiger partial charge is 0.0353 e. The minimum Gasteiger partial charge on any atom is -0.264 e. The molecule has 1 aliphatic carbocycles. The Morgan fingerprint density at radius 3 is 2.85 bits per heavy atom. The van der Waals surface area contributed by atoms with Gasteiger partial charge >= 0.3 is 0 Å². The Kier molecular flexibility index (Phi) is 3.78. The van der Waals surface area contributed by atoms with Gasteiger partial charge in [-0.25, -0.2) is 0 Å². The molecule has 0 fully saturated rings. The molecule has 0 saturated heterocycles. The SMILES string of the molecule is C1=C=c2ccncc2=CC=1.CCC. The van der Waals surface area contributed by atoms with Crippen LogP contribution in [0.15, 0.2) is 30.3 Å². The zero-order chi connectivity index (χ0) is 9.52. The van der Waals surface area contributed by atoms with Crippen LogP contribution in [0.5, 0.6) is 0 Å². The van der Waals surface area contributed by atoms with E-state index in [0.717, 1.165) is 10.4 Å². The average molecular weight is 171 g/mol. The Morgan fingerprint density at radius 1 is 1.38 bits per heavy atom. The number of hydrogen-bond donors (Lipinski definition) is 0. The molecule has 0 spiro atoms. The van der Waals surface area contributed by atoms with Crippen molar-refractivity contribution in [2.45, 2.75) is 20.3 Å². The zero-order valence-electron chi connectivity index (χ0n) is 8.04. The second-order valence-electron chi connectivity index (χ2n) is 2.77. The number of rotatable bonds is 0. The molecule has 0 N–H and O–H groups in total. The topological polar surface area (TPSA) is 12.9 Å². The second-order valence-corrected chi connectivity index (χ2v) is 2.77. The molecule has 0 bridgehead atoms. The maximum absolute atomic E-state index is 3.98. The zero-order valence-corrected chi connectivity index (χ0v) is 8.04. The first-order valence-electron chi connectivity index (χ1n) is 4.50. The lowest BCUT2D eigenvalue weighted by Crippen LogP contribution is -2.23. The first-order valence-corrected chi connectivity index (χ1v) is 4.50. The Labute approximate surface area is 78.4 Å². The summed E-state index contributed by atoms with van der Waals surface area (Å²) in [4.78, 5) is 3.98. The van der Waals surface area contributed by atoms with E-state index in [9.17, 15) is 0 Å². The van der Waals surface area contributed by atoms with E-state index in [1.165, 1.54) is 6.42 Å². The van der Waals surface area contributed by atoms with Gasteiger partial charge in [0.25, 0.3) is 0 Å². The Morgan fingerprint density at radius 2 is 2.15 bits per heavy atom. The summed E-state index contributed by atoms with van der Waals surface area (Å²) in [5.74, 6) is 0. The van der Waals surface area contributed by atoms with Crippen LogP contribution in [0.4, 0.5) is 0 Å². The maximum Gasteiger partial charge on any atom is 0.0353 e. The van der Waals surface area contributed by atoms with Crippen LogP contribution in [-0.4, -0.2) is 4.98 Å². The predicted octanol–water partition coefficient (Wildman–Crippen LogP) is 1.38. The fourth-order valence-electron chi connectivity index (χ4n) is 0.904. The van der Waals surface area contributed by atoms with Crippen LogP contribution in [-0.2, 0) is 0 Å². The summed E-state index contributed by atoms with van der Waals surface area (Å²) in [5.41, 5.74) is 5.87. The van der Waals surface area contributed by atoms with Crippen molar-refractivity contribution in [3.63, 3.8) is 0 Å². The van der Waals surface area contributed by atoms with Gasteiger partial charge in [-0.1, -0.05) is 31.7 Å². The lowest BCUT2D eigenvalue weighted by atomic mass is 10.2. The molecule has 0 unspecified atom stereocenters. The summed E-state index contributed by atoms with van der Waals surface area (Å²) in [7, 11) is 0. The quantitative estimate of drug-likeness (QED) is 0.537. The van der Waals surface area contributed by atoms with Gasteiger partial charge in [0, 0.05) is 22.8 Å². The van der Waals surface area contributed by atoms with Gasteiger partial charge in [0.15, 0.2) is 0 Å². The summed E-state index contributed by atoms with van der Waals surface area (Å²) in [5, 5.41) is 2.18. The van der Waals surface area contributed by atoms with Crippen molar-refractivity contribution in [1.29, 1.82) is 0 Å². The summed E-state index contributed by atoms with van der Waals surface area (Å²) in [6.07, 6.45) is 8.63. The summed E-state index contributed by atoms with van der Waals surface area (Å²) in [6, 6.07) is 1.92. The van der Waals surface area contributed by atoms with Crippen LogP contribution in [0.2, 0.25) is 0 Å². The van der Waals surface area contributed by atoms with Gasteiger partial charge in [0.2, 0.25) is 0 Å². The fourth-order valence-corrected chi connectivity index (χ4v) is 0.904. The Balaban J connectivity index is 0.000000251. The maximum atomic E-state index is 3.98. The molecule has 0 saturated carbocycles. The number of pyridine rings is 1. The Hall–Kier alpha value is -1.55. The molecule has 66 valence electrons. The molecule has 1 aromatic heterocycles. The fraction of sp³-hybridized carbons (Fsp3) is 0.250. The van der Waals surface area contributed by atoms with Crippen LogP contribution in [0.3, 0.4) is 0 Å². The molecular weight excluding hydrogens is 158 g/mol. The molecule has 1 aliphatic rings. The number of allylic oxidation sites excluding steroid dienone is 1. The molecule has 13 heavy (non-hydrogen) atoms. The van der Waals surface area contributed by atoms with Crippen LogP contribution < -0.4 is 10.4 Å². The van der Waals surface area contributed by atoms with E-state index < -0.39 is 0 Å². The minimum absolute atomic E-state index is 1.07. The largest absolute Gasteiger partial charge is 0.264 e. The first-order chi connectivity index (χ1) is 6.38. The Bertz CT molecular complexity index is 444. The molecule has 0 radical (unpaired) electrons. The molecule has 1 heteroatoms. The van der Waals surface area contributed by atoms with E-state index in [0.29, 0.717) is 0 Å². The van der Waals surface area contributed by atoms with Gasteiger partial charge in [-0.2, -0.15) is 0 Å². The highest BCUT2D eigenvalue weighted by molar-refractivity contribution is 5.43. The minimum atomic E-state index is 1.07. The van der Waals surface area contributed by atoms with Gasteiger partial charge in [0.05, 0.1) is 0 Å². The molecular formula is C12H13N. The highest BCUT2D eigenvalue weighted by Gasteiger charge is 1.82. The number of aromatic nitrogens is 1. The van der Waals surface area contributed by atoms with E-state index in [1.54, 1.807) is 6.20 Å². The first kappa shape index (κ1) is 9.54. The molecule has 1 nitrogen and oxygen atoms in total. The van der Waals surface area contributed by atoms with Crippen molar-refractivity contribution < 1.29 is 0 Å². The monoisotopic (exact) mass is 171 g/mol. The number of fused-ring (bicyclic) bond motifs is 1. The lowest BCUT2D eigenvalue weighted by molar-refractivity contribution is 1.09. The normalized spacial score (nSPS) is 10.3. The molecule has 0 atom stereocenters. The third kappa shape index (κ3) is 2.76. The van der Waals surface area contributed by atoms with Crippen LogP contribution in [0.25, 0.3) is 11.8 Å². The van der Waals surface area contributed by atoms with Crippen molar-refractivity contribution in [2.75, 3.05) is 0 Å². The molecule has 2 rings (SSSR count). The highest BCUT2D eigenvalue weighted by atomic mass is 14.6. The standard InChI is InChI=1S/C9H5N.C3H8/c1-2-4-9-7-10-6-5-8(9)3-1;1-3-2/h2,4-7H;3H2,1-2H3. The van der Waals surface area contributed by atoms with Gasteiger partial charge < -0.3 is 0 Å². The third-order valence-corrected chi connectivity index (χ3v) is 1.40. The molecule has 0 aromatic carbocycles. The van der Waals surface area contributed by atoms with Crippen molar-refractivity contribution in [3.8, 4) is 0 Å². The number of hydrogen-bond acceptors (Lipinski definition) is 1. The van der Waals surface area contributed by atoms with E-state index >= 15 is 0 Å². The van der Waals surface area contributed by atoms with E-state index in [2.05, 4.69) is 30.3 Å². The van der Waals surface area contributed by atoms with Crippen molar-refractivity contribution in [1.82, 2.24) is 4.98 Å². The van der Waals surface area contributed by atoms with E-state index in [4.69, 9.17) is 0 Å². The van der Waals surface area contributed by atoms with Crippen LogP contribution >= 0.6 is 0 Å². The molecule has 1 heterocycles. The molecule has 0 amide bonds. The van der Waals surface area contributed by atoms with Crippen LogP contribution in [0.1, 0.15) is 20.3 Å². The molecule has 1 aromatic rings. The van der Waals surface area contributed by atoms with Crippen molar-refractivity contribution >= 4 is 11.8 Å². The third-order valence-electron chi connectivity index (χ3n) is 1.40. The summed E-state index contributed by atoms with van der Waals surface area (Å²) < 4.78 is 0. The van der Waals surface area contributed by atoms with Gasteiger partial charge in [-0.3, -0.25) is 4.98 Å². The average Bonchev–Trinajstić information content (AvgIpc) is 2.19. The van der Waals surface area contributed by atoms with Crippen LogP contribution in [0, 0.1) is 0 Å².